The van der Waals surface area contributed by atoms with Crippen LogP contribution in [0.3, 0.4) is 0 Å². The lowest BCUT2D eigenvalue weighted by molar-refractivity contribution is -0.139. The SMILES string of the molecule is NC(=O)CCC(NS(=O)(=O)N1CCOCC1)C(=O)O. The van der Waals surface area contributed by atoms with Gasteiger partial charge in [-0.25, -0.2) is 0 Å². The quantitative estimate of drug-likeness (QED) is 0.490. The number of hydrogen-bond acceptors (Lipinski definition) is 5. The van der Waals surface area contributed by atoms with Gasteiger partial charge >= 0.3 is 5.97 Å². The van der Waals surface area contributed by atoms with Crippen molar-refractivity contribution in [2.75, 3.05) is 26.3 Å². The number of primary amides is 1. The summed E-state index contributed by atoms with van der Waals surface area (Å²) < 4.78 is 32.0. The summed E-state index contributed by atoms with van der Waals surface area (Å²) in [5, 5.41) is 8.93. The Kier molecular flexibility index (Phi) is 5.66. The maximum absolute atomic E-state index is 11.9. The first-order valence-corrected chi connectivity index (χ1v) is 7.13. The fraction of sp³-hybridized carbons (Fsp3) is 0.778. The van der Waals surface area contributed by atoms with Crippen LogP contribution in [-0.4, -0.2) is 62.1 Å². The van der Waals surface area contributed by atoms with Crippen LogP contribution in [0.5, 0.6) is 0 Å². The summed E-state index contributed by atoms with van der Waals surface area (Å²) >= 11 is 0. The van der Waals surface area contributed by atoms with Crippen molar-refractivity contribution < 1.29 is 27.9 Å². The molecule has 0 aliphatic carbocycles. The summed E-state index contributed by atoms with van der Waals surface area (Å²) in [6, 6.07) is -1.37. The Morgan fingerprint density at radius 1 is 1.37 bits per heavy atom. The first kappa shape index (κ1) is 15.8. The van der Waals surface area contributed by atoms with E-state index >= 15 is 0 Å². The zero-order chi connectivity index (χ0) is 14.5. The minimum atomic E-state index is -3.91. The monoisotopic (exact) mass is 295 g/mol. The second-order valence-electron chi connectivity index (χ2n) is 4.03. The van der Waals surface area contributed by atoms with Gasteiger partial charge < -0.3 is 15.6 Å². The summed E-state index contributed by atoms with van der Waals surface area (Å²) in [5.41, 5.74) is 4.91. The molecule has 1 fully saturated rings. The van der Waals surface area contributed by atoms with Crippen LogP contribution in [0.2, 0.25) is 0 Å². The first-order valence-electron chi connectivity index (χ1n) is 5.69. The van der Waals surface area contributed by atoms with E-state index in [2.05, 4.69) is 4.72 Å². The molecule has 19 heavy (non-hydrogen) atoms. The molecule has 1 aliphatic rings. The molecule has 9 nitrogen and oxygen atoms in total. The summed E-state index contributed by atoms with van der Waals surface area (Å²) in [6.07, 6.45) is -0.392. The van der Waals surface area contributed by atoms with E-state index in [9.17, 15) is 18.0 Å². The van der Waals surface area contributed by atoms with Gasteiger partial charge in [0.05, 0.1) is 13.2 Å². The number of aliphatic carboxylic acids is 1. The topological polar surface area (TPSA) is 139 Å². The molecule has 1 heterocycles. The van der Waals surface area contributed by atoms with E-state index in [1.54, 1.807) is 0 Å². The predicted molar refractivity (Wildman–Crippen MR) is 64.3 cm³/mol. The third kappa shape index (κ3) is 5.11. The molecule has 4 N–H and O–H groups in total. The van der Waals surface area contributed by atoms with Crippen molar-refractivity contribution in [2.45, 2.75) is 18.9 Å². The Morgan fingerprint density at radius 2 is 1.95 bits per heavy atom. The number of carbonyl (C=O) groups is 2. The molecule has 1 saturated heterocycles. The smallest absolute Gasteiger partial charge is 0.321 e. The van der Waals surface area contributed by atoms with Crippen LogP contribution in [0.15, 0.2) is 0 Å². The number of carboxylic acid groups (broad SMARTS) is 1. The molecular weight excluding hydrogens is 278 g/mol. The van der Waals surface area contributed by atoms with Gasteiger partial charge in [0, 0.05) is 19.5 Å². The van der Waals surface area contributed by atoms with Crippen molar-refractivity contribution in [3.63, 3.8) is 0 Å². The van der Waals surface area contributed by atoms with Gasteiger partial charge in [0.1, 0.15) is 6.04 Å². The number of nitrogens with zero attached hydrogens (tertiary/aromatic N) is 1. The van der Waals surface area contributed by atoms with E-state index in [0.29, 0.717) is 0 Å². The Morgan fingerprint density at radius 3 is 2.42 bits per heavy atom. The van der Waals surface area contributed by atoms with Crippen molar-refractivity contribution in [1.82, 2.24) is 9.03 Å². The maximum atomic E-state index is 11.9. The number of ether oxygens (including phenoxy) is 1. The number of rotatable bonds is 7. The Labute approximate surface area is 110 Å². The number of carbonyl (C=O) groups excluding carboxylic acids is 1. The highest BCUT2D eigenvalue weighted by Gasteiger charge is 2.30. The molecule has 1 atom stereocenters. The number of amides is 1. The zero-order valence-corrected chi connectivity index (χ0v) is 11.1. The summed E-state index contributed by atoms with van der Waals surface area (Å²) in [7, 11) is -3.91. The molecule has 0 radical (unpaired) electrons. The second kappa shape index (κ2) is 6.80. The first-order chi connectivity index (χ1) is 8.83. The minimum Gasteiger partial charge on any atom is -0.480 e. The maximum Gasteiger partial charge on any atom is 0.321 e. The van der Waals surface area contributed by atoms with Gasteiger partial charge in [-0.1, -0.05) is 0 Å². The van der Waals surface area contributed by atoms with Crippen molar-refractivity contribution in [2.24, 2.45) is 5.73 Å². The number of nitrogens with two attached hydrogens (primary N) is 1. The second-order valence-corrected chi connectivity index (χ2v) is 5.73. The predicted octanol–water partition coefficient (Wildman–Crippen LogP) is -2.13. The molecular formula is C9H17N3O6S. The zero-order valence-electron chi connectivity index (χ0n) is 10.2. The van der Waals surface area contributed by atoms with Crippen LogP contribution in [-0.2, 0) is 24.5 Å². The number of hydrogen-bond donors (Lipinski definition) is 3. The van der Waals surface area contributed by atoms with Gasteiger partial charge in [-0.15, -0.1) is 0 Å². The minimum absolute atomic E-state index is 0.164. The average Bonchev–Trinajstić information content (AvgIpc) is 2.35. The van der Waals surface area contributed by atoms with E-state index in [4.69, 9.17) is 15.6 Å². The van der Waals surface area contributed by atoms with Crippen LogP contribution >= 0.6 is 0 Å². The van der Waals surface area contributed by atoms with Crippen molar-refractivity contribution in [3.8, 4) is 0 Å². The van der Waals surface area contributed by atoms with E-state index in [0.717, 1.165) is 4.31 Å². The third-order valence-corrected chi connectivity index (χ3v) is 4.21. The van der Waals surface area contributed by atoms with E-state index in [1.807, 2.05) is 0 Å². The standard InChI is InChI=1S/C9H17N3O6S/c10-8(13)2-1-7(9(14)15)11-19(16,17)12-3-5-18-6-4-12/h7,11H,1-6H2,(H2,10,13)(H,14,15). The highest BCUT2D eigenvalue weighted by Crippen LogP contribution is 2.06. The molecule has 10 heteroatoms. The van der Waals surface area contributed by atoms with Crippen LogP contribution < -0.4 is 10.5 Å². The van der Waals surface area contributed by atoms with Crippen LogP contribution in [0.4, 0.5) is 0 Å². The lowest BCUT2D eigenvalue weighted by Crippen LogP contribution is -2.51. The highest BCUT2D eigenvalue weighted by atomic mass is 32.2. The molecule has 0 aromatic carbocycles. The Hall–Kier alpha value is -1.23. The average molecular weight is 295 g/mol. The van der Waals surface area contributed by atoms with Crippen molar-refractivity contribution in [1.29, 1.82) is 0 Å². The van der Waals surface area contributed by atoms with Gasteiger partial charge in [0.2, 0.25) is 5.91 Å². The molecule has 1 rings (SSSR count). The third-order valence-electron chi connectivity index (χ3n) is 2.58. The molecule has 1 amide bonds. The molecule has 1 aliphatic heterocycles. The largest absolute Gasteiger partial charge is 0.480 e. The molecule has 0 aromatic heterocycles. The van der Waals surface area contributed by atoms with Gasteiger partial charge in [-0.05, 0) is 6.42 Å². The van der Waals surface area contributed by atoms with E-state index in [1.165, 1.54) is 0 Å². The Balaban J connectivity index is 2.65. The molecule has 0 bridgehead atoms. The Bertz CT molecular complexity index is 431. The molecule has 0 saturated carbocycles. The lowest BCUT2D eigenvalue weighted by atomic mass is 10.2. The van der Waals surface area contributed by atoms with Crippen molar-refractivity contribution in [3.05, 3.63) is 0 Å². The molecule has 110 valence electrons. The molecule has 1 unspecified atom stereocenters. The summed E-state index contributed by atoms with van der Waals surface area (Å²) in [5.74, 6) is -2.03. The summed E-state index contributed by atoms with van der Waals surface area (Å²) in [4.78, 5) is 21.6. The van der Waals surface area contributed by atoms with Crippen LogP contribution in [0, 0.1) is 0 Å². The van der Waals surface area contributed by atoms with Gasteiger partial charge in [-0.3, -0.25) is 9.59 Å². The number of carboxylic acids is 1. The van der Waals surface area contributed by atoms with Crippen LogP contribution in [0.25, 0.3) is 0 Å². The van der Waals surface area contributed by atoms with Crippen molar-refractivity contribution >= 4 is 22.1 Å². The lowest BCUT2D eigenvalue weighted by Gasteiger charge is -2.27. The molecule has 0 spiro atoms. The fourth-order valence-electron chi connectivity index (χ4n) is 1.56. The van der Waals surface area contributed by atoms with Gasteiger partial charge in [0.25, 0.3) is 10.2 Å². The van der Waals surface area contributed by atoms with Gasteiger partial charge in [0.15, 0.2) is 0 Å². The molecule has 0 aromatic rings. The van der Waals surface area contributed by atoms with Gasteiger partial charge in [-0.2, -0.15) is 17.4 Å². The summed E-state index contributed by atoms with van der Waals surface area (Å²) in [6.45, 7) is 0.856. The fourth-order valence-corrected chi connectivity index (χ4v) is 2.92. The van der Waals surface area contributed by atoms with Crippen LogP contribution in [0.1, 0.15) is 12.8 Å². The normalized spacial score (nSPS) is 18.9. The number of nitrogens with one attached hydrogen (secondary N) is 1. The highest BCUT2D eigenvalue weighted by molar-refractivity contribution is 7.87. The van der Waals surface area contributed by atoms with E-state index in [-0.39, 0.29) is 39.1 Å². The number of morpholine rings is 1. The van der Waals surface area contributed by atoms with E-state index < -0.39 is 28.1 Å².